The molecule has 3 nitrogen and oxygen atoms in total. The summed E-state index contributed by atoms with van der Waals surface area (Å²) in [5.41, 5.74) is 0. The Hall–Kier alpha value is -0.830. The van der Waals surface area contributed by atoms with E-state index in [-0.39, 0.29) is 17.9 Å². The zero-order valence-corrected chi connectivity index (χ0v) is 9.08. The van der Waals surface area contributed by atoms with E-state index in [0.29, 0.717) is 6.54 Å². The van der Waals surface area contributed by atoms with Gasteiger partial charge in [0, 0.05) is 13.2 Å². The number of nitrogens with one attached hydrogen (secondary N) is 1. The molecule has 1 N–H and O–H groups in total. The maximum absolute atomic E-state index is 11.7. The van der Waals surface area contributed by atoms with Crippen molar-refractivity contribution in [1.29, 1.82) is 0 Å². The van der Waals surface area contributed by atoms with Gasteiger partial charge in [0.1, 0.15) is 0 Å². The van der Waals surface area contributed by atoms with Crippen molar-refractivity contribution in [1.82, 2.24) is 5.32 Å². The van der Waals surface area contributed by atoms with Crippen molar-refractivity contribution >= 4 is 5.91 Å². The molecule has 0 saturated carbocycles. The van der Waals surface area contributed by atoms with Crippen molar-refractivity contribution < 1.29 is 9.53 Å². The summed E-state index contributed by atoms with van der Waals surface area (Å²) in [6.45, 7) is 1.53. The fraction of sp³-hybridized carbons (Fsp3) is 0.750. The SMILES string of the molecule is O=C(NC[C@H]1CCCO1)[C@@H]1C=CCCC1. The molecule has 0 unspecified atom stereocenters. The molecule has 2 rings (SSSR count). The Labute approximate surface area is 90.9 Å². The number of hydrogen-bond donors (Lipinski definition) is 1. The van der Waals surface area contributed by atoms with Crippen LogP contribution < -0.4 is 5.32 Å². The van der Waals surface area contributed by atoms with Gasteiger partial charge in [0.05, 0.1) is 12.0 Å². The minimum absolute atomic E-state index is 0.0974. The number of allylic oxidation sites excluding steroid dienone is 1. The smallest absolute Gasteiger partial charge is 0.227 e. The van der Waals surface area contributed by atoms with Gasteiger partial charge in [0.2, 0.25) is 5.91 Å². The third kappa shape index (κ3) is 3.06. The topological polar surface area (TPSA) is 38.3 Å². The zero-order chi connectivity index (χ0) is 10.5. The number of carbonyl (C=O) groups is 1. The lowest BCUT2D eigenvalue weighted by molar-refractivity contribution is -0.124. The molecular formula is C12H19NO2. The average Bonchev–Trinajstić information content (AvgIpc) is 2.80. The summed E-state index contributed by atoms with van der Waals surface area (Å²) in [5.74, 6) is 0.265. The van der Waals surface area contributed by atoms with E-state index in [1.165, 1.54) is 0 Å². The minimum atomic E-state index is 0.0974. The predicted molar refractivity (Wildman–Crippen MR) is 58.5 cm³/mol. The van der Waals surface area contributed by atoms with Gasteiger partial charge in [-0.3, -0.25) is 4.79 Å². The highest BCUT2D eigenvalue weighted by Gasteiger charge is 2.20. The highest BCUT2D eigenvalue weighted by atomic mass is 16.5. The number of hydrogen-bond acceptors (Lipinski definition) is 2. The molecule has 0 radical (unpaired) electrons. The Kier molecular flexibility index (Phi) is 3.78. The fourth-order valence-electron chi connectivity index (χ4n) is 2.18. The molecule has 84 valence electrons. The van der Waals surface area contributed by atoms with Crippen LogP contribution in [0.25, 0.3) is 0 Å². The van der Waals surface area contributed by atoms with Crippen molar-refractivity contribution in [2.24, 2.45) is 5.92 Å². The third-order valence-corrected chi connectivity index (χ3v) is 3.12. The first-order valence-electron chi connectivity index (χ1n) is 5.92. The van der Waals surface area contributed by atoms with E-state index in [1.54, 1.807) is 0 Å². The Morgan fingerprint density at radius 2 is 2.33 bits per heavy atom. The molecule has 1 heterocycles. The van der Waals surface area contributed by atoms with Gasteiger partial charge in [0.15, 0.2) is 0 Å². The molecule has 0 bridgehead atoms. The first-order chi connectivity index (χ1) is 7.36. The summed E-state index contributed by atoms with van der Waals surface area (Å²) in [6.07, 6.45) is 9.86. The second kappa shape index (κ2) is 5.31. The number of ether oxygens (including phenoxy) is 1. The molecule has 15 heavy (non-hydrogen) atoms. The quantitative estimate of drug-likeness (QED) is 0.718. The van der Waals surface area contributed by atoms with Crippen molar-refractivity contribution in [2.75, 3.05) is 13.2 Å². The second-order valence-corrected chi connectivity index (χ2v) is 4.35. The largest absolute Gasteiger partial charge is 0.376 e. The average molecular weight is 209 g/mol. The van der Waals surface area contributed by atoms with Crippen molar-refractivity contribution in [3.63, 3.8) is 0 Å². The first kappa shape index (κ1) is 10.7. The molecule has 1 saturated heterocycles. The van der Waals surface area contributed by atoms with Crippen LogP contribution in [0.3, 0.4) is 0 Å². The Morgan fingerprint density at radius 3 is 3.00 bits per heavy atom. The lowest BCUT2D eigenvalue weighted by atomic mass is 9.95. The van der Waals surface area contributed by atoms with E-state index in [1.807, 2.05) is 6.08 Å². The third-order valence-electron chi connectivity index (χ3n) is 3.12. The van der Waals surface area contributed by atoms with Crippen LogP contribution in [0.2, 0.25) is 0 Å². The van der Waals surface area contributed by atoms with E-state index in [9.17, 15) is 4.79 Å². The molecule has 3 heteroatoms. The van der Waals surface area contributed by atoms with E-state index >= 15 is 0 Å². The van der Waals surface area contributed by atoms with Gasteiger partial charge in [-0.2, -0.15) is 0 Å². The molecule has 2 atom stereocenters. The van der Waals surface area contributed by atoms with Gasteiger partial charge < -0.3 is 10.1 Å². The van der Waals surface area contributed by atoms with Gasteiger partial charge in [-0.25, -0.2) is 0 Å². The van der Waals surface area contributed by atoms with Gasteiger partial charge in [0.25, 0.3) is 0 Å². The molecule has 2 aliphatic rings. The zero-order valence-electron chi connectivity index (χ0n) is 9.08. The van der Waals surface area contributed by atoms with Gasteiger partial charge >= 0.3 is 0 Å². The summed E-state index contributed by atoms with van der Waals surface area (Å²) < 4.78 is 5.46. The van der Waals surface area contributed by atoms with Crippen LogP contribution in [0, 0.1) is 5.92 Å². The Morgan fingerprint density at radius 1 is 1.40 bits per heavy atom. The van der Waals surface area contributed by atoms with Crippen LogP contribution in [0.4, 0.5) is 0 Å². The molecule has 0 aromatic rings. The molecule has 0 aromatic carbocycles. The molecule has 1 aliphatic heterocycles. The van der Waals surface area contributed by atoms with Crippen LogP contribution in [-0.4, -0.2) is 25.2 Å². The summed E-state index contributed by atoms with van der Waals surface area (Å²) in [6, 6.07) is 0. The minimum Gasteiger partial charge on any atom is -0.376 e. The molecule has 1 aliphatic carbocycles. The maximum Gasteiger partial charge on any atom is 0.227 e. The lowest BCUT2D eigenvalue weighted by Gasteiger charge is -2.17. The summed E-state index contributed by atoms with van der Waals surface area (Å²) in [5, 5.41) is 2.98. The lowest BCUT2D eigenvalue weighted by Crippen LogP contribution is -2.36. The van der Waals surface area contributed by atoms with Crippen LogP contribution in [-0.2, 0) is 9.53 Å². The highest BCUT2D eigenvalue weighted by molar-refractivity contribution is 5.80. The summed E-state index contributed by atoms with van der Waals surface area (Å²) in [7, 11) is 0. The maximum atomic E-state index is 11.7. The van der Waals surface area contributed by atoms with Crippen LogP contribution >= 0.6 is 0 Å². The van der Waals surface area contributed by atoms with E-state index in [2.05, 4.69) is 11.4 Å². The molecule has 0 aromatic heterocycles. The van der Waals surface area contributed by atoms with Crippen LogP contribution in [0.5, 0.6) is 0 Å². The van der Waals surface area contributed by atoms with Crippen molar-refractivity contribution in [3.8, 4) is 0 Å². The number of amides is 1. The van der Waals surface area contributed by atoms with Crippen LogP contribution in [0.1, 0.15) is 32.1 Å². The summed E-state index contributed by atoms with van der Waals surface area (Å²) in [4.78, 5) is 11.7. The van der Waals surface area contributed by atoms with Crippen LogP contribution in [0.15, 0.2) is 12.2 Å². The van der Waals surface area contributed by atoms with Crippen molar-refractivity contribution in [2.45, 2.75) is 38.2 Å². The van der Waals surface area contributed by atoms with E-state index < -0.39 is 0 Å². The second-order valence-electron chi connectivity index (χ2n) is 4.35. The normalized spacial score (nSPS) is 30.4. The molecule has 1 amide bonds. The Bertz CT molecular complexity index is 244. The highest BCUT2D eigenvalue weighted by Crippen LogP contribution is 2.17. The molecule has 0 spiro atoms. The summed E-state index contributed by atoms with van der Waals surface area (Å²) >= 11 is 0. The standard InChI is InChI=1S/C12H19NO2/c14-12(10-5-2-1-3-6-10)13-9-11-7-4-8-15-11/h2,5,10-11H,1,3-4,6-9H2,(H,13,14)/t10-,11-/m1/s1. The van der Waals surface area contributed by atoms with E-state index in [4.69, 9.17) is 4.74 Å². The van der Waals surface area contributed by atoms with Gasteiger partial charge in [-0.15, -0.1) is 0 Å². The number of carbonyl (C=O) groups excluding carboxylic acids is 1. The number of rotatable bonds is 3. The molecule has 1 fully saturated rings. The first-order valence-corrected chi connectivity index (χ1v) is 5.92. The Balaban J connectivity index is 1.71. The van der Waals surface area contributed by atoms with Gasteiger partial charge in [-0.05, 0) is 32.1 Å². The van der Waals surface area contributed by atoms with E-state index in [0.717, 1.165) is 38.7 Å². The van der Waals surface area contributed by atoms with Gasteiger partial charge in [-0.1, -0.05) is 12.2 Å². The monoisotopic (exact) mass is 209 g/mol. The fourth-order valence-corrected chi connectivity index (χ4v) is 2.18. The van der Waals surface area contributed by atoms with Crippen molar-refractivity contribution in [3.05, 3.63) is 12.2 Å². The predicted octanol–water partition coefficient (Wildman–Crippen LogP) is 1.64. The molecular weight excluding hydrogens is 190 g/mol.